The van der Waals surface area contributed by atoms with Crippen LogP contribution in [0, 0.1) is 13.8 Å². The van der Waals surface area contributed by atoms with Gasteiger partial charge in [-0.1, -0.05) is 36.4 Å². The van der Waals surface area contributed by atoms with Crippen LogP contribution >= 0.6 is 0 Å². The molecule has 6 heterocycles. The average Bonchev–Trinajstić information content (AvgIpc) is 3.87. The molecule has 0 aliphatic heterocycles. The van der Waals surface area contributed by atoms with Gasteiger partial charge >= 0.3 is 0 Å². The molecule has 0 spiro atoms. The van der Waals surface area contributed by atoms with Crippen molar-refractivity contribution < 1.29 is 9.47 Å². The van der Waals surface area contributed by atoms with Gasteiger partial charge in [0.25, 0.3) is 0 Å². The SMILES string of the molecule is COc1ccc(CNc2cncc(-c3ccc4cnn(-c5cccc(C)n5)c4c3)n2)c(OC)c1.Cc1cccc(-n2ncc3ccc(-c4cncc(N)n4)cc32)n1. The summed E-state index contributed by atoms with van der Waals surface area (Å²) in [6.45, 7) is 4.47. The molecule has 3 N–H and O–H groups in total. The Morgan fingerprint density at radius 3 is 1.75 bits per heavy atom. The highest BCUT2D eigenvalue weighted by atomic mass is 16.5. The van der Waals surface area contributed by atoms with Gasteiger partial charge < -0.3 is 20.5 Å². The van der Waals surface area contributed by atoms with Crippen molar-refractivity contribution in [2.75, 3.05) is 25.3 Å². The predicted molar refractivity (Wildman–Crippen MR) is 221 cm³/mol. The molecule has 9 aromatic rings. The number of methoxy groups -OCH3 is 2. The monoisotopic (exact) mass is 754 g/mol. The van der Waals surface area contributed by atoms with E-state index >= 15 is 0 Å². The van der Waals surface area contributed by atoms with Crippen LogP contribution in [0.5, 0.6) is 11.5 Å². The van der Waals surface area contributed by atoms with Gasteiger partial charge in [-0.15, -0.1) is 0 Å². The lowest BCUT2D eigenvalue weighted by Crippen LogP contribution is -2.04. The molecular weight excluding hydrogens is 717 g/mol. The Hall–Kier alpha value is -7.74. The predicted octanol–water partition coefficient (Wildman–Crippen LogP) is 7.58. The summed E-state index contributed by atoms with van der Waals surface area (Å²) in [5, 5.41) is 14.4. The molecule has 0 bridgehead atoms. The largest absolute Gasteiger partial charge is 0.497 e. The quantitative estimate of drug-likeness (QED) is 0.148. The number of nitrogens with zero attached hydrogens (tertiary/aromatic N) is 10. The zero-order valence-corrected chi connectivity index (χ0v) is 31.7. The summed E-state index contributed by atoms with van der Waals surface area (Å²) in [5.41, 5.74) is 13.9. The highest BCUT2D eigenvalue weighted by Gasteiger charge is 2.12. The molecule has 0 fully saturated rings. The lowest BCUT2D eigenvalue weighted by atomic mass is 10.1. The zero-order valence-electron chi connectivity index (χ0n) is 31.7. The maximum Gasteiger partial charge on any atom is 0.154 e. The zero-order chi connectivity index (χ0) is 39.3. The van der Waals surface area contributed by atoms with Crippen LogP contribution < -0.4 is 20.5 Å². The number of nitrogens with two attached hydrogens (primary N) is 1. The molecule has 0 radical (unpaired) electrons. The molecule has 0 saturated carbocycles. The molecule has 0 aliphatic rings. The van der Waals surface area contributed by atoms with E-state index in [9.17, 15) is 0 Å². The van der Waals surface area contributed by atoms with Crippen LogP contribution in [-0.2, 0) is 6.54 Å². The molecule has 14 heteroatoms. The van der Waals surface area contributed by atoms with Crippen LogP contribution in [0.15, 0.2) is 128 Å². The van der Waals surface area contributed by atoms with E-state index in [1.165, 1.54) is 6.20 Å². The molecule has 0 unspecified atom stereocenters. The minimum atomic E-state index is 0.399. The lowest BCUT2D eigenvalue weighted by Gasteiger charge is -2.12. The van der Waals surface area contributed by atoms with Gasteiger partial charge in [-0.2, -0.15) is 10.2 Å². The minimum absolute atomic E-state index is 0.399. The van der Waals surface area contributed by atoms with E-state index in [0.717, 1.165) is 84.4 Å². The number of hydrogen-bond acceptors (Lipinski definition) is 12. The van der Waals surface area contributed by atoms with Gasteiger partial charge in [0.2, 0.25) is 0 Å². The second-order valence-corrected chi connectivity index (χ2v) is 13.1. The van der Waals surface area contributed by atoms with Crippen molar-refractivity contribution in [3.63, 3.8) is 0 Å². The van der Waals surface area contributed by atoms with E-state index in [1.54, 1.807) is 32.8 Å². The van der Waals surface area contributed by atoms with Crippen molar-refractivity contribution >= 4 is 33.4 Å². The number of aromatic nitrogens is 10. The van der Waals surface area contributed by atoms with Gasteiger partial charge in [0.15, 0.2) is 11.6 Å². The number of anilines is 2. The molecule has 3 aromatic carbocycles. The number of nitrogen functional groups attached to an aromatic ring is 1. The van der Waals surface area contributed by atoms with Crippen LogP contribution in [0.1, 0.15) is 17.0 Å². The van der Waals surface area contributed by atoms with Crippen molar-refractivity contribution in [2.45, 2.75) is 20.4 Å². The maximum atomic E-state index is 5.73. The number of ether oxygens (including phenoxy) is 2. The Bertz CT molecular complexity index is 2850. The average molecular weight is 755 g/mol. The number of aryl methyl sites for hydroxylation is 2. The van der Waals surface area contributed by atoms with Crippen molar-refractivity contribution in [2.24, 2.45) is 0 Å². The van der Waals surface area contributed by atoms with E-state index in [0.29, 0.717) is 18.2 Å². The third-order valence-electron chi connectivity index (χ3n) is 9.16. The standard InChI is InChI=1S/C26H24N6O2.C17H14N6/c1-17-5-4-6-26(30-17)32-23-11-18(7-8-19(23)14-29-32)22-15-27-16-25(31-22)28-13-20-9-10-21(33-2)12-24(20)34-3;1-11-3-2-4-17(21-11)23-15-7-12(5-6-13(15)8-20-23)14-9-19-10-16(18)22-14/h4-12,14-16H,13H2,1-3H3,(H,28,31);2-10H,1H3,(H2,18,22). The molecule has 14 nitrogen and oxygen atoms in total. The normalized spacial score (nSPS) is 10.9. The summed E-state index contributed by atoms with van der Waals surface area (Å²) in [4.78, 5) is 26.7. The van der Waals surface area contributed by atoms with Gasteiger partial charge in [0.1, 0.15) is 23.1 Å². The highest BCUT2D eigenvalue weighted by Crippen LogP contribution is 2.28. The van der Waals surface area contributed by atoms with Gasteiger partial charge in [0, 0.05) is 51.5 Å². The highest BCUT2D eigenvalue weighted by molar-refractivity contribution is 5.86. The number of benzene rings is 3. The second kappa shape index (κ2) is 15.9. The molecule has 282 valence electrons. The fraction of sp³-hybridized carbons (Fsp3) is 0.116. The third-order valence-corrected chi connectivity index (χ3v) is 9.16. The summed E-state index contributed by atoms with van der Waals surface area (Å²) in [6.07, 6.45) is 10.4. The Morgan fingerprint density at radius 2 is 1.19 bits per heavy atom. The van der Waals surface area contributed by atoms with Crippen molar-refractivity contribution in [1.82, 2.24) is 49.5 Å². The van der Waals surface area contributed by atoms with Crippen LogP contribution in [0.25, 0.3) is 56.0 Å². The molecule has 9 rings (SSSR count). The number of rotatable bonds is 9. The Morgan fingerprint density at radius 1 is 0.596 bits per heavy atom. The van der Waals surface area contributed by atoms with Gasteiger partial charge in [-0.25, -0.2) is 29.3 Å². The first-order valence-corrected chi connectivity index (χ1v) is 18.0. The lowest BCUT2D eigenvalue weighted by molar-refractivity contribution is 0.391. The smallest absolute Gasteiger partial charge is 0.154 e. The summed E-state index contributed by atoms with van der Waals surface area (Å²) >= 11 is 0. The Kier molecular flexibility index (Phi) is 10.1. The van der Waals surface area contributed by atoms with E-state index in [4.69, 9.17) is 20.2 Å². The van der Waals surface area contributed by atoms with Crippen LogP contribution in [0.3, 0.4) is 0 Å². The van der Waals surface area contributed by atoms with Crippen molar-refractivity contribution in [3.05, 3.63) is 145 Å². The number of pyridine rings is 2. The van der Waals surface area contributed by atoms with Crippen LogP contribution in [-0.4, -0.2) is 63.7 Å². The van der Waals surface area contributed by atoms with E-state index in [2.05, 4.69) is 46.5 Å². The maximum absolute atomic E-state index is 5.73. The fourth-order valence-electron chi connectivity index (χ4n) is 6.31. The van der Waals surface area contributed by atoms with Crippen molar-refractivity contribution in [1.29, 1.82) is 0 Å². The summed E-state index contributed by atoms with van der Waals surface area (Å²) < 4.78 is 14.4. The first-order valence-electron chi connectivity index (χ1n) is 18.0. The van der Waals surface area contributed by atoms with E-state index in [1.807, 2.05) is 121 Å². The Balaban J connectivity index is 0.000000172. The molecular formula is C43H38N12O2. The summed E-state index contributed by atoms with van der Waals surface area (Å²) in [7, 11) is 3.28. The molecule has 0 saturated heterocycles. The molecule has 0 amide bonds. The molecule has 6 aromatic heterocycles. The van der Waals surface area contributed by atoms with Gasteiger partial charge in [-0.05, 0) is 62.4 Å². The van der Waals surface area contributed by atoms with Crippen molar-refractivity contribution in [3.8, 4) is 45.6 Å². The number of nitrogens with one attached hydrogen (secondary N) is 1. The first kappa shape index (κ1) is 36.2. The van der Waals surface area contributed by atoms with Crippen LogP contribution in [0.2, 0.25) is 0 Å². The second-order valence-electron chi connectivity index (χ2n) is 13.1. The molecule has 0 aliphatic carbocycles. The molecule has 57 heavy (non-hydrogen) atoms. The van der Waals surface area contributed by atoms with E-state index < -0.39 is 0 Å². The fourth-order valence-corrected chi connectivity index (χ4v) is 6.31. The Labute approximate surface area is 328 Å². The van der Waals surface area contributed by atoms with Gasteiger partial charge in [-0.3, -0.25) is 9.97 Å². The van der Waals surface area contributed by atoms with Crippen LogP contribution in [0.4, 0.5) is 11.6 Å². The van der Waals surface area contributed by atoms with E-state index in [-0.39, 0.29) is 0 Å². The first-order chi connectivity index (χ1) is 27.8. The number of hydrogen-bond donors (Lipinski definition) is 2. The minimum Gasteiger partial charge on any atom is -0.497 e. The summed E-state index contributed by atoms with van der Waals surface area (Å²) in [6, 6.07) is 29.6. The topological polar surface area (TPSA) is 169 Å². The molecule has 0 atom stereocenters. The summed E-state index contributed by atoms with van der Waals surface area (Å²) in [5.74, 6) is 4.14. The number of fused-ring (bicyclic) bond motifs is 2. The van der Waals surface area contributed by atoms with Gasteiger partial charge in [0.05, 0.1) is 73.8 Å². The third kappa shape index (κ3) is 7.91.